The van der Waals surface area contributed by atoms with Crippen LogP contribution in [0.15, 0.2) is 42.0 Å². The van der Waals surface area contributed by atoms with Gasteiger partial charge in [-0.3, -0.25) is 14.4 Å². The zero-order chi connectivity index (χ0) is 38.5. The molecule has 3 heterocycles. The molecule has 6 atom stereocenters. The number of carbonyl (C=O) groups excluding carboxylic acids is 6. The van der Waals surface area contributed by atoms with Crippen LogP contribution in [0, 0.1) is 5.41 Å². The lowest BCUT2D eigenvalue weighted by Gasteiger charge is -2.33. The Morgan fingerprint density at radius 3 is 2.57 bits per heavy atom. The van der Waals surface area contributed by atoms with Gasteiger partial charge < -0.3 is 43.7 Å². The van der Waals surface area contributed by atoms with E-state index >= 15 is 0 Å². The predicted octanol–water partition coefficient (Wildman–Crippen LogP) is 2.38. The van der Waals surface area contributed by atoms with Crippen LogP contribution >= 0.6 is 0 Å². The Morgan fingerprint density at radius 1 is 1.11 bits per heavy atom. The van der Waals surface area contributed by atoms with Crippen molar-refractivity contribution in [1.82, 2.24) is 10.2 Å². The van der Waals surface area contributed by atoms with Crippen LogP contribution in [0.4, 0.5) is 0 Å². The Kier molecular flexibility index (Phi) is 12.4. The van der Waals surface area contributed by atoms with Crippen LogP contribution < -0.4 is 5.32 Å². The minimum Gasteiger partial charge on any atom is -0.462 e. The molecule has 2 N–H and O–H groups in total. The molecule has 2 amide bonds. The second-order valence-electron chi connectivity index (χ2n) is 15.2. The van der Waals surface area contributed by atoms with Crippen LogP contribution in [0.1, 0.15) is 82.6 Å². The monoisotopic (exact) mass is 740 g/mol. The Balaban J connectivity index is 1.22. The molecule has 0 saturated carbocycles. The van der Waals surface area contributed by atoms with Gasteiger partial charge in [0.05, 0.1) is 18.2 Å². The normalized spacial score (nSPS) is 25.6. The number of rotatable bonds is 12. The van der Waals surface area contributed by atoms with Gasteiger partial charge in [0.1, 0.15) is 43.4 Å². The van der Waals surface area contributed by atoms with E-state index in [1.54, 1.807) is 58.9 Å². The van der Waals surface area contributed by atoms with Gasteiger partial charge in [0.15, 0.2) is 0 Å². The summed E-state index contributed by atoms with van der Waals surface area (Å²) >= 11 is 0. The molecule has 3 aliphatic heterocycles. The third-order valence-electron chi connectivity index (χ3n) is 9.35. The maximum atomic E-state index is 13.9. The number of likely N-dealkylation sites (tertiary alicyclic amines) is 1. The van der Waals surface area contributed by atoms with Crippen molar-refractivity contribution in [1.29, 1.82) is 0 Å². The van der Waals surface area contributed by atoms with Crippen molar-refractivity contribution in [3.05, 3.63) is 53.1 Å². The molecule has 0 radical (unpaired) electrons. The van der Waals surface area contributed by atoms with Crippen molar-refractivity contribution in [2.24, 2.45) is 5.41 Å². The molecule has 3 fully saturated rings. The average Bonchev–Trinajstić information content (AvgIpc) is 3.85. The van der Waals surface area contributed by atoms with E-state index in [9.17, 15) is 33.9 Å². The minimum atomic E-state index is -1.06. The molecular formula is C38H48N2O13. The van der Waals surface area contributed by atoms with Crippen molar-refractivity contribution >= 4 is 41.8 Å². The molecule has 15 nitrogen and oxygen atoms in total. The van der Waals surface area contributed by atoms with E-state index in [4.69, 9.17) is 28.4 Å². The van der Waals surface area contributed by atoms with Crippen molar-refractivity contribution < 1.29 is 62.3 Å². The van der Waals surface area contributed by atoms with E-state index in [2.05, 4.69) is 5.32 Å². The van der Waals surface area contributed by atoms with E-state index in [-0.39, 0.29) is 38.2 Å². The van der Waals surface area contributed by atoms with E-state index in [1.165, 1.54) is 17.0 Å². The molecular weight excluding hydrogens is 692 g/mol. The molecule has 3 saturated heterocycles. The summed E-state index contributed by atoms with van der Waals surface area (Å²) in [6.07, 6.45) is 1.92. The molecule has 1 aromatic rings. The highest BCUT2D eigenvalue weighted by Crippen LogP contribution is 2.34. The third kappa shape index (κ3) is 9.89. The number of nitrogens with one attached hydrogen (secondary N) is 1. The predicted molar refractivity (Wildman–Crippen MR) is 185 cm³/mol. The minimum absolute atomic E-state index is 0.00206. The van der Waals surface area contributed by atoms with Crippen LogP contribution in [-0.2, 0) is 52.4 Å². The van der Waals surface area contributed by atoms with Crippen molar-refractivity contribution in [2.45, 2.75) is 109 Å². The molecule has 0 spiro atoms. The van der Waals surface area contributed by atoms with Gasteiger partial charge in [0.25, 0.3) is 0 Å². The van der Waals surface area contributed by atoms with Crippen LogP contribution in [0.3, 0.4) is 0 Å². The van der Waals surface area contributed by atoms with Crippen LogP contribution in [0.25, 0.3) is 6.08 Å². The van der Waals surface area contributed by atoms with Gasteiger partial charge in [-0.05, 0) is 63.8 Å². The molecule has 1 aromatic carbocycles. The topological polar surface area (TPSA) is 193 Å². The number of ether oxygens (including phenoxy) is 6. The number of aliphatic hydroxyl groups excluding tert-OH is 1. The molecule has 5 rings (SSSR count). The van der Waals surface area contributed by atoms with Crippen molar-refractivity contribution in [3.63, 3.8) is 0 Å². The zero-order valence-corrected chi connectivity index (χ0v) is 30.7. The summed E-state index contributed by atoms with van der Waals surface area (Å²) in [6.45, 7) is 8.72. The van der Waals surface area contributed by atoms with E-state index in [0.29, 0.717) is 30.5 Å². The number of esters is 4. The molecule has 1 aliphatic carbocycles. The lowest BCUT2D eigenvalue weighted by molar-refractivity contribution is -0.159. The summed E-state index contributed by atoms with van der Waals surface area (Å²) in [7, 11) is 0. The summed E-state index contributed by atoms with van der Waals surface area (Å²) < 4.78 is 33.1. The third-order valence-corrected chi connectivity index (χ3v) is 9.35. The van der Waals surface area contributed by atoms with Gasteiger partial charge >= 0.3 is 23.9 Å². The SMILES string of the molecule is CC(C)(C)OC(=O)CCC(CO)NC(=O)C1CCCN1C(=O)C1=CC2OCOC2C(OC(=O)c2ccccc2C=CC(=O)OC2C(=O)OCC2(C)C)C1. The lowest BCUT2D eigenvalue weighted by Crippen LogP contribution is -2.51. The smallest absolute Gasteiger partial charge is 0.348 e. The number of nitrogens with zero attached hydrogens (tertiary/aromatic N) is 1. The summed E-state index contributed by atoms with van der Waals surface area (Å²) in [5.41, 5.74) is -0.564. The lowest BCUT2D eigenvalue weighted by atomic mass is 9.90. The van der Waals surface area contributed by atoms with Gasteiger partial charge in [-0.25, -0.2) is 14.4 Å². The largest absolute Gasteiger partial charge is 0.462 e. The quantitative estimate of drug-likeness (QED) is 0.181. The number of amides is 2. The summed E-state index contributed by atoms with van der Waals surface area (Å²) in [4.78, 5) is 79.2. The number of hydrogen-bond donors (Lipinski definition) is 2. The maximum absolute atomic E-state index is 13.9. The van der Waals surface area contributed by atoms with Gasteiger partial charge in [-0.1, -0.05) is 32.0 Å². The fourth-order valence-electron chi connectivity index (χ4n) is 6.65. The van der Waals surface area contributed by atoms with Crippen LogP contribution in [-0.4, -0.2) is 114 Å². The summed E-state index contributed by atoms with van der Waals surface area (Å²) in [5.74, 6) is -3.45. The fraction of sp³-hybridized carbons (Fsp3) is 0.579. The number of fused-ring (bicyclic) bond motifs is 1. The first-order chi connectivity index (χ1) is 25.1. The Morgan fingerprint density at radius 2 is 1.87 bits per heavy atom. The van der Waals surface area contributed by atoms with Crippen LogP contribution in [0.2, 0.25) is 0 Å². The number of carbonyl (C=O) groups is 6. The first-order valence-corrected chi connectivity index (χ1v) is 17.8. The first kappa shape index (κ1) is 39.6. The number of hydrogen-bond acceptors (Lipinski definition) is 13. The molecule has 4 aliphatic rings. The highest BCUT2D eigenvalue weighted by molar-refractivity contribution is 5.99. The molecule has 53 heavy (non-hydrogen) atoms. The summed E-state index contributed by atoms with van der Waals surface area (Å²) in [5, 5.41) is 12.7. The second-order valence-corrected chi connectivity index (χ2v) is 15.2. The standard InChI is InChI=1S/C38H48N2O13/c1-37(2,3)53-30(43)15-13-24(19-41)39-33(44)26-11-8-16-40(26)34(45)23-17-27-31(50-21-49-27)28(18-23)51-35(46)25-10-7-6-9-22(25)12-14-29(42)52-32-36(47)48-20-38(32,4)5/h6-7,9-10,12,14,17,24,26-28,31-32,41H,8,11,13,15-16,18-21H2,1-5H3,(H,39,44). The fourth-order valence-corrected chi connectivity index (χ4v) is 6.65. The number of benzene rings is 1. The highest BCUT2D eigenvalue weighted by Gasteiger charge is 2.47. The van der Waals surface area contributed by atoms with Gasteiger partial charge in [-0.15, -0.1) is 0 Å². The molecule has 288 valence electrons. The summed E-state index contributed by atoms with van der Waals surface area (Å²) in [6, 6.07) is 4.93. The van der Waals surface area contributed by atoms with E-state index < -0.39 is 89.8 Å². The Hall–Kier alpha value is -4.60. The van der Waals surface area contributed by atoms with Crippen LogP contribution in [0.5, 0.6) is 0 Å². The molecule has 15 heteroatoms. The second kappa shape index (κ2) is 16.6. The van der Waals surface area contributed by atoms with E-state index in [1.807, 2.05) is 0 Å². The number of aliphatic hydroxyl groups is 1. The van der Waals surface area contributed by atoms with Gasteiger partial charge in [0.2, 0.25) is 17.9 Å². The number of cyclic esters (lactones) is 1. The van der Waals surface area contributed by atoms with Gasteiger partial charge in [-0.2, -0.15) is 0 Å². The van der Waals surface area contributed by atoms with Crippen molar-refractivity contribution in [3.8, 4) is 0 Å². The maximum Gasteiger partial charge on any atom is 0.348 e. The molecule has 0 bridgehead atoms. The van der Waals surface area contributed by atoms with E-state index in [0.717, 1.165) is 6.08 Å². The zero-order valence-electron chi connectivity index (χ0n) is 30.7. The Labute approximate surface area is 307 Å². The molecule has 0 aromatic heterocycles. The van der Waals surface area contributed by atoms with Gasteiger partial charge in [0, 0.05) is 36.5 Å². The highest BCUT2D eigenvalue weighted by atomic mass is 16.7. The first-order valence-electron chi connectivity index (χ1n) is 17.8. The molecule has 6 unspecified atom stereocenters. The van der Waals surface area contributed by atoms with Crippen molar-refractivity contribution in [2.75, 3.05) is 26.6 Å². The average molecular weight is 741 g/mol. The Bertz CT molecular complexity index is 1640.